The second-order valence-corrected chi connectivity index (χ2v) is 4.32. The molecule has 0 saturated carbocycles. The number of esters is 1. The predicted molar refractivity (Wildman–Crippen MR) is 55.9 cm³/mol. The third kappa shape index (κ3) is 2.35. The average molecular weight is 230 g/mol. The van der Waals surface area contributed by atoms with Crippen LogP contribution in [0.2, 0.25) is 0 Å². The van der Waals surface area contributed by atoms with Crippen LogP contribution in [-0.4, -0.2) is 36.4 Å². The third-order valence-corrected chi connectivity index (χ3v) is 3.23. The molecule has 1 N–H and O–H groups in total. The largest absolute Gasteiger partial charge is 0.479 e. The van der Waals surface area contributed by atoms with Crippen LogP contribution in [-0.2, 0) is 19.1 Å². The summed E-state index contributed by atoms with van der Waals surface area (Å²) in [5.41, 5.74) is -0.696. The van der Waals surface area contributed by atoms with Gasteiger partial charge in [-0.05, 0) is 13.3 Å². The van der Waals surface area contributed by atoms with Crippen molar-refractivity contribution in [1.29, 1.82) is 0 Å². The van der Waals surface area contributed by atoms with E-state index in [2.05, 4.69) is 0 Å². The Balaban J connectivity index is 2.81. The first-order valence-electron chi connectivity index (χ1n) is 5.42. The number of rotatable bonds is 5. The molecule has 0 aromatic heterocycles. The van der Waals surface area contributed by atoms with Crippen LogP contribution in [0.5, 0.6) is 0 Å². The highest BCUT2D eigenvalue weighted by Gasteiger charge is 2.48. The van der Waals surface area contributed by atoms with E-state index in [-0.39, 0.29) is 18.5 Å². The maximum Gasteiger partial charge on any atom is 0.332 e. The summed E-state index contributed by atoms with van der Waals surface area (Å²) in [6.07, 6.45) is 0.230. The van der Waals surface area contributed by atoms with Gasteiger partial charge in [0.2, 0.25) is 0 Å². The number of carbonyl (C=O) groups is 2. The van der Waals surface area contributed by atoms with Crippen molar-refractivity contribution in [2.75, 3.05) is 7.11 Å². The van der Waals surface area contributed by atoms with Crippen LogP contribution in [0.25, 0.3) is 0 Å². The lowest BCUT2D eigenvalue weighted by Crippen LogP contribution is -2.35. The highest BCUT2D eigenvalue weighted by molar-refractivity contribution is 5.81. The van der Waals surface area contributed by atoms with Gasteiger partial charge in [0.15, 0.2) is 6.10 Å². The van der Waals surface area contributed by atoms with Gasteiger partial charge >= 0.3 is 11.9 Å². The summed E-state index contributed by atoms with van der Waals surface area (Å²) in [6, 6.07) is 0. The molecular formula is C11H18O5. The van der Waals surface area contributed by atoms with Crippen molar-refractivity contribution in [2.24, 2.45) is 5.41 Å². The average Bonchev–Trinajstić information content (AvgIpc) is 2.50. The molecule has 0 aromatic rings. The van der Waals surface area contributed by atoms with Crippen LogP contribution in [0.15, 0.2) is 0 Å². The molecule has 0 bridgehead atoms. The monoisotopic (exact) mass is 230 g/mol. The molecule has 0 amide bonds. The Labute approximate surface area is 94.7 Å². The van der Waals surface area contributed by atoms with Crippen molar-refractivity contribution >= 4 is 11.9 Å². The van der Waals surface area contributed by atoms with E-state index >= 15 is 0 Å². The van der Waals surface area contributed by atoms with E-state index in [0.717, 1.165) is 0 Å². The fourth-order valence-electron chi connectivity index (χ4n) is 2.21. The molecule has 0 unspecified atom stereocenters. The van der Waals surface area contributed by atoms with Crippen LogP contribution in [0.4, 0.5) is 0 Å². The fraction of sp³-hybridized carbons (Fsp3) is 0.818. The molecule has 1 aliphatic rings. The van der Waals surface area contributed by atoms with Gasteiger partial charge in [-0.1, -0.05) is 6.92 Å². The Morgan fingerprint density at radius 1 is 1.75 bits per heavy atom. The number of cyclic esters (lactones) is 1. The van der Waals surface area contributed by atoms with E-state index in [1.807, 2.05) is 13.8 Å². The minimum absolute atomic E-state index is 0.140. The lowest BCUT2D eigenvalue weighted by Gasteiger charge is -2.25. The summed E-state index contributed by atoms with van der Waals surface area (Å²) in [6.45, 7) is 3.69. The summed E-state index contributed by atoms with van der Waals surface area (Å²) in [4.78, 5) is 22.6. The summed E-state index contributed by atoms with van der Waals surface area (Å²) < 4.78 is 9.98. The van der Waals surface area contributed by atoms with Gasteiger partial charge in [-0.25, -0.2) is 4.79 Å². The smallest absolute Gasteiger partial charge is 0.332 e. The van der Waals surface area contributed by atoms with Gasteiger partial charge in [0.1, 0.15) is 6.10 Å². The minimum Gasteiger partial charge on any atom is -0.479 e. The Bertz CT molecular complexity index is 288. The Morgan fingerprint density at radius 2 is 2.38 bits per heavy atom. The highest BCUT2D eigenvalue weighted by Crippen LogP contribution is 2.41. The lowest BCUT2D eigenvalue weighted by atomic mass is 9.77. The lowest BCUT2D eigenvalue weighted by molar-refractivity contribution is -0.155. The van der Waals surface area contributed by atoms with Crippen molar-refractivity contribution in [2.45, 2.75) is 45.3 Å². The van der Waals surface area contributed by atoms with E-state index in [1.165, 1.54) is 7.11 Å². The van der Waals surface area contributed by atoms with Gasteiger partial charge in [-0.2, -0.15) is 0 Å². The quantitative estimate of drug-likeness (QED) is 0.718. The van der Waals surface area contributed by atoms with Gasteiger partial charge in [0.05, 0.1) is 5.41 Å². The number of carboxylic acid groups (broad SMARTS) is 1. The number of methoxy groups -OCH3 is 1. The highest BCUT2D eigenvalue weighted by atomic mass is 16.6. The SMILES string of the molecule is CC[C@]1(C[C@H](OC)C(=O)O)C[C@H](C)OC1=O. The summed E-state index contributed by atoms with van der Waals surface area (Å²) >= 11 is 0. The Hall–Kier alpha value is -1.10. The Morgan fingerprint density at radius 3 is 2.69 bits per heavy atom. The van der Waals surface area contributed by atoms with E-state index in [1.54, 1.807) is 0 Å². The van der Waals surface area contributed by atoms with Crippen LogP contribution in [0.3, 0.4) is 0 Å². The molecule has 1 rings (SSSR count). The zero-order chi connectivity index (χ0) is 12.3. The number of carbonyl (C=O) groups excluding carboxylic acids is 1. The van der Waals surface area contributed by atoms with E-state index < -0.39 is 17.5 Å². The maximum absolute atomic E-state index is 11.7. The molecule has 16 heavy (non-hydrogen) atoms. The van der Waals surface area contributed by atoms with Crippen molar-refractivity contribution < 1.29 is 24.2 Å². The van der Waals surface area contributed by atoms with Gasteiger partial charge in [-0.15, -0.1) is 0 Å². The van der Waals surface area contributed by atoms with E-state index in [0.29, 0.717) is 12.8 Å². The summed E-state index contributed by atoms with van der Waals surface area (Å²) in [5, 5.41) is 8.92. The zero-order valence-corrected chi connectivity index (χ0v) is 9.86. The molecule has 0 aliphatic carbocycles. The van der Waals surface area contributed by atoms with Crippen LogP contribution in [0, 0.1) is 5.41 Å². The predicted octanol–water partition coefficient (Wildman–Crippen LogP) is 1.21. The second-order valence-electron chi connectivity index (χ2n) is 4.32. The van der Waals surface area contributed by atoms with Gasteiger partial charge in [0, 0.05) is 20.0 Å². The van der Waals surface area contributed by atoms with Crippen molar-refractivity contribution in [3.05, 3.63) is 0 Å². The van der Waals surface area contributed by atoms with Gasteiger partial charge in [-0.3, -0.25) is 4.79 Å². The number of hydrogen-bond acceptors (Lipinski definition) is 4. The molecule has 0 radical (unpaired) electrons. The van der Waals surface area contributed by atoms with Crippen LogP contribution in [0.1, 0.15) is 33.1 Å². The molecule has 0 spiro atoms. The normalized spacial score (nSPS) is 31.2. The standard InChI is InChI=1S/C11H18O5/c1-4-11(5-7(2)16-10(11)14)6-8(15-3)9(12)13/h7-8H,4-6H2,1-3H3,(H,12,13)/t7-,8-,11+/m0/s1. The molecular weight excluding hydrogens is 212 g/mol. The van der Waals surface area contributed by atoms with Crippen molar-refractivity contribution in [3.8, 4) is 0 Å². The Kier molecular flexibility index (Phi) is 3.91. The van der Waals surface area contributed by atoms with E-state index in [9.17, 15) is 9.59 Å². The fourth-order valence-corrected chi connectivity index (χ4v) is 2.21. The molecule has 1 saturated heterocycles. The van der Waals surface area contributed by atoms with Gasteiger partial charge in [0.25, 0.3) is 0 Å². The first kappa shape index (κ1) is 13.0. The van der Waals surface area contributed by atoms with Crippen molar-refractivity contribution in [3.63, 3.8) is 0 Å². The molecule has 0 aromatic carbocycles. The zero-order valence-electron chi connectivity index (χ0n) is 9.86. The number of aliphatic carboxylic acids is 1. The summed E-state index contributed by atoms with van der Waals surface area (Å²) in [7, 11) is 1.34. The molecule has 5 nitrogen and oxygen atoms in total. The third-order valence-electron chi connectivity index (χ3n) is 3.23. The maximum atomic E-state index is 11.7. The first-order chi connectivity index (χ1) is 7.45. The summed E-state index contributed by atoms with van der Waals surface area (Å²) in [5.74, 6) is -1.34. The second kappa shape index (κ2) is 4.82. The molecule has 1 heterocycles. The minimum atomic E-state index is -1.04. The van der Waals surface area contributed by atoms with Crippen LogP contribution < -0.4 is 0 Å². The van der Waals surface area contributed by atoms with Crippen LogP contribution >= 0.6 is 0 Å². The number of ether oxygens (including phenoxy) is 2. The molecule has 3 atom stereocenters. The van der Waals surface area contributed by atoms with Gasteiger partial charge < -0.3 is 14.6 Å². The molecule has 5 heteroatoms. The molecule has 92 valence electrons. The topological polar surface area (TPSA) is 72.8 Å². The van der Waals surface area contributed by atoms with E-state index in [4.69, 9.17) is 14.6 Å². The van der Waals surface area contributed by atoms with Crippen molar-refractivity contribution in [1.82, 2.24) is 0 Å². The molecule has 1 aliphatic heterocycles. The number of hydrogen-bond donors (Lipinski definition) is 1. The molecule has 1 fully saturated rings. The number of carboxylic acids is 1. The first-order valence-corrected chi connectivity index (χ1v) is 5.42.